The monoisotopic (exact) mass is 331 g/mol. The highest BCUT2D eigenvalue weighted by Gasteiger charge is 2.44. The Kier molecular flexibility index (Phi) is 3.89. The van der Waals surface area contributed by atoms with Gasteiger partial charge in [0, 0.05) is 44.5 Å². The number of carbonyl (C=O) groups excluding carboxylic acids is 1. The summed E-state index contributed by atoms with van der Waals surface area (Å²) in [4.78, 5) is 16.6. The van der Waals surface area contributed by atoms with E-state index >= 15 is 0 Å². The molecule has 1 N–H and O–H groups in total. The molecule has 1 aromatic carbocycles. The van der Waals surface area contributed by atoms with Crippen LogP contribution in [0.4, 0.5) is 11.4 Å². The second-order valence-electron chi connectivity index (χ2n) is 7.17. The molecular formula is C18H25N3O3. The van der Waals surface area contributed by atoms with Gasteiger partial charge in [0.1, 0.15) is 18.4 Å². The van der Waals surface area contributed by atoms with Crippen molar-refractivity contribution in [3.8, 4) is 5.75 Å². The molecule has 3 aliphatic rings. The van der Waals surface area contributed by atoms with E-state index < -0.39 is 0 Å². The molecule has 6 nitrogen and oxygen atoms in total. The van der Waals surface area contributed by atoms with Crippen molar-refractivity contribution in [3.05, 3.63) is 18.2 Å². The molecule has 2 fully saturated rings. The summed E-state index contributed by atoms with van der Waals surface area (Å²) in [5, 5.41) is 3.02. The summed E-state index contributed by atoms with van der Waals surface area (Å²) < 4.78 is 11.3. The van der Waals surface area contributed by atoms with Gasteiger partial charge in [0.25, 0.3) is 0 Å². The van der Waals surface area contributed by atoms with Crippen LogP contribution in [0, 0.1) is 5.41 Å². The van der Waals surface area contributed by atoms with Gasteiger partial charge in [-0.25, -0.2) is 0 Å². The van der Waals surface area contributed by atoms with Crippen molar-refractivity contribution < 1.29 is 14.3 Å². The number of hydrogen-bond acceptors (Lipinski definition) is 5. The fraction of sp³-hybridized carbons (Fsp3) is 0.611. The fourth-order valence-corrected chi connectivity index (χ4v) is 3.96. The Labute approximate surface area is 142 Å². The average molecular weight is 331 g/mol. The lowest BCUT2D eigenvalue weighted by Crippen LogP contribution is -2.58. The van der Waals surface area contributed by atoms with E-state index in [2.05, 4.69) is 22.3 Å². The molecule has 0 saturated carbocycles. The Hall–Kier alpha value is -1.79. The number of nitrogens with one attached hydrogen (secondary N) is 1. The predicted molar refractivity (Wildman–Crippen MR) is 92.9 cm³/mol. The zero-order valence-corrected chi connectivity index (χ0v) is 14.4. The van der Waals surface area contributed by atoms with Crippen molar-refractivity contribution in [2.24, 2.45) is 5.41 Å². The van der Waals surface area contributed by atoms with Gasteiger partial charge in [0.2, 0.25) is 5.91 Å². The number of amides is 1. The van der Waals surface area contributed by atoms with Crippen molar-refractivity contribution in [2.75, 3.05) is 56.8 Å². The summed E-state index contributed by atoms with van der Waals surface area (Å²) in [5.41, 5.74) is 2.45. The lowest BCUT2D eigenvalue weighted by Gasteiger charge is -2.53. The van der Waals surface area contributed by atoms with Crippen LogP contribution < -0.4 is 19.9 Å². The van der Waals surface area contributed by atoms with Crippen molar-refractivity contribution in [1.29, 1.82) is 0 Å². The highest BCUT2D eigenvalue weighted by molar-refractivity contribution is 5.99. The first-order chi connectivity index (χ1) is 11.6. The SMILES string of the molecule is CN[C@H]1COc2ccc(N3CC4(CCOCC4)C3)cc2N(C)C1=O. The summed E-state index contributed by atoms with van der Waals surface area (Å²) in [6, 6.07) is 5.86. The second kappa shape index (κ2) is 5.93. The molecule has 1 atom stereocenters. The smallest absolute Gasteiger partial charge is 0.247 e. The maximum atomic E-state index is 12.5. The summed E-state index contributed by atoms with van der Waals surface area (Å²) >= 11 is 0. The van der Waals surface area contributed by atoms with E-state index in [-0.39, 0.29) is 11.9 Å². The van der Waals surface area contributed by atoms with Gasteiger partial charge in [0.15, 0.2) is 0 Å². The number of hydrogen-bond donors (Lipinski definition) is 1. The maximum absolute atomic E-state index is 12.5. The van der Waals surface area contributed by atoms with E-state index in [0.29, 0.717) is 12.0 Å². The normalized spacial score (nSPS) is 25.8. The molecule has 1 aromatic rings. The number of carbonyl (C=O) groups is 1. The van der Waals surface area contributed by atoms with Crippen molar-refractivity contribution in [1.82, 2.24) is 5.32 Å². The molecular weight excluding hydrogens is 306 g/mol. The van der Waals surface area contributed by atoms with E-state index in [9.17, 15) is 4.79 Å². The van der Waals surface area contributed by atoms with Crippen LogP contribution in [0.15, 0.2) is 18.2 Å². The van der Waals surface area contributed by atoms with Gasteiger partial charge in [0.05, 0.1) is 5.69 Å². The van der Waals surface area contributed by atoms with Gasteiger partial charge in [-0.2, -0.15) is 0 Å². The number of rotatable bonds is 2. The van der Waals surface area contributed by atoms with E-state index in [0.717, 1.165) is 56.3 Å². The molecule has 2 saturated heterocycles. The van der Waals surface area contributed by atoms with E-state index in [4.69, 9.17) is 9.47 Å². The molecule has 0 aliphatic carbocycles. The first-order valence-electron chi connectivity index (χ1n) is 8.66. The molecule has 0 unspecified atom stereocenters. The zero-order chi connectivity index (χ0) is 16.7. The largest absolute Gasteiger partial charge is 0.489 e. The topological polar surface area (TPSA) is 54.0 Å². The third-order valence-electron chi connectivity index (χ3n) is 5.66. The minimum absolute atomic E-state index is 0.0397. The zero-order valence-electron chi connectivity index (χ0n) is 14.4. The number of anilines is 2. The molecule has 3 heterocycles. The van der Waals surface area contributed by atoms with E-state index in [1.165, 1.54) is 0 Å². The van der Waals surface area contributed by atoms with Gasteiger partial charge in [-0.1, -0.05) is 0 Å². The first kappa shape index (κ1) is 15.7. The Morgan fingerprint density at radius 1 is 1.25 bits per heavy atom. The van der Waals surface area contributed by atoms with Crippen LogP contribution in [-0.4, -0.2) is 59.0 Å². The summed E-state index contributed by atoms with van der Waals surface area (Å²) in [6.45, 7) is 4.28. The summed E-state index contributed by atoms with van der Waals surface area (Å²) in [6.07, 6.45) is 2.31. The third kappa shape index (κ3) is 2.54. The van der Waals surface area contributed by atoms with Gasteiger partial charge in [-0.3, -0.25) is 4.79 Å². The number of nitrogens with zero attached hydrogens (tertiary/aromatic N) is 2. The third-order valence-corrected chi connectivity index (χ3v) is 5.66. The van der Waals surface area contributed by atoms with Gasteiger partial charge >= 0.3 is 0 Å². The van der Waals surface area contributed by atoms with Crippen LogP contribution >= 0.6 is 0 Å². The minimum Gasteiger partial charge on any atom is -0.489 e. The molecule has 130 valence electrons. The Morgan fingerprint density at radius 2 is 2.00 bits per heavy atom. The van der Waals surface area contributed by atoms with Crippen LogP contribution in [0.25, 0.3) is 0 Å². The Bertz CT molecular complexity index is 634. The fourth-order valence-electron chi connectivity index (χ4n) is 3.96. The number of benzene rings is 1. The lowest BCUT2D eigenvalue weighted by molar-refractivity contribution is -0.120. The highest BCUT2D eigenvalue weighted by Crippen LogP contribution is 2.44. The minimum atomic E-state index is -0.305. The molecule has 0 bridgehead atoms. The molecule has 4 rings (SSSR count). The standard InChI is InChI=1S/C18H25N3O3/c1-19-14-10-24-16-4-3-13(9-15(16)20(2)17(14)22)21-11-18(12-21)5-7-23-8-6-18/h3-4,9,14,19H,5-8,10-12H2,1-2H3/t14-/m0/s1. The van der Waals surface area contributed by atoms with E-state index in [1.807, 2.05) is 13.1 Å². The number of fused-ring (bicyclic) bond motifs is 1. The van der Waals surface area contributed by atoms with Crippen molar-refractivity contribution >= 4 is 17.3 Å². The molecule has 0 radical (unpaired) electrons. The first-order valence-corrected chi connectivity index (χ1v) is 8.66. The number of ether oxygens (including phenoxy) is 2. The Balaban J connectivity index is 1.54. The van der Waals surface area contributed by atoms with Gasteiger partial charge in [-0.15, -0.1) is 0 Å². The van der Waals surface area contributed by atoms with Crippen LogP contribution in [0.5, 0.6) is 5.75 Å². The van der Waals surface area contributed by atoms with Crippen LogP contribution in [0.3, 0.4) is 0 Å². The van der Waals surface area contributed by atoms with E-state index in [1.54, 1.807) is 11.9 Å². The quantitative estimate of drug-likeness (QED) is 0.884. The van der Waals surface area contributed by atoms with Gasteiger partial charge in [-0.05, 0) is 38.1 Å². The van der Waals surface area contributed by atoms with Crippen molar-refractivity contribution in [2.45, 2.75) is 18.9 Å². The van der Waals surface area contributed by atoms with Gasteiger partial charge < -0.3 is 24.6 Å². The van der Waals surface area contributed by atoms with Crippen molar-refractivity contribution in [3.63, 3.8) is 0 Å². The van der Waals surface area contributed by atoms with Crippen LogP contribution in [0.2, 0.25) is 0 Å². The van der Waals surface area contributed by atoms with Crippen LogP contribution in [-0.2, 0) is 9.53 Å². The number of likely N-dealkylation sites (N-methyl/N-ethyl adjacent to an activating group) is 2. The maximum Gasteiger partial charge on any atom is 0.247 e. The molecule has 24 heavy (non-hydrogen) atoms. The molecule has 6 heteroatoms. The van der Waals surface area contributed by atoms with Crippen LogP contribution in [0.1, 0.15) is 12.8 Å². The molecule has 0 aromatic heterocycles. The molecule has 1 spiro atoms. The average Bonchev–Trinajstić information content (AvgIpc) is 2.71. The summed E-state index contributed by atoms with van der Waals surface area (Å²) in [7, 11) is 3.61. The second-order valence-corrected chi connectivity index (χ2v) is 7.17. The lowest BCUT2D eigenvalue weighted by atomic mass is 9.73. The summed E-state index contributed by atoms with van der Waals surface area (Å²) in [5.74, 6) is 0.812. The Morgan fingerprint density at radius 3 is 2.71 bits per heavy atom. The molecule has 3 aliphatic heterocycles. The predicted octanol–water partition coefficient (Wildman–Crippen LogP) is 1.25. The highest BCUT2D eigenvalue weighted by atomic mass is 16.5. The molecule has 1 amide bonds.